The summed E-state index contributed by atoms with van der Waals surface area (Å²) in [5, 5.41) is 9.75. The molecule has 0 saturated carbocycles. The molecule has 7 heteroatoms. The zero-order valence-electron chi connectivity index (χ0n) is 14.0. The van der Waals surface area contributed by atoms with Gasteiger partial charge in [-0.05, 0) is 42.9 Å². The molecule has 24 heavy (non-hydrogen) atoms. The van der Waals surface area contributed by atoms with Gasteiger partial charge in [0.25, 0.3) is 0 Å². The lowest BCUT2D eigenvalue weighted by atomic mass is 9.71. The Bertz CT molecular complexity index is 610. The number of ether oxygens (including phenoxy) is 1. The maximum absolute atomic E-state index is 12.0. The average molecular weight is 346 g/mol. The fraction of sp³-hybridized carbons (Fsp3) is 0.529. The maximum Gasteiger partial charge on any atom is 0.490 e. The molecule has 0 saturated heterocycles. The Hall–Kier alpha value is -1.89. The Kier molecular flexibility index (Phi) is 6.16. The highest BCUT2D eigenvalue weighted by molar-refractivity contribution is 6.00. The number of aliphatic hydroxyl groups is 1. The van der Waals surface area contributed by atoms with Crippen molar-refractivity contribution < 1.29 is 32.6 Å². The van der Waals surface area contributed by atoms with Gasteiger partial charge in [0, 0.05) is 0 Å². The number of carbonyl (C=O) groups is 2. The van der Waals surface area contributed by atoms with Crippen molar-refractivity contribution in [2.75, 3.05) is 6.61 Å². The lowest BCUT2D eigenvalue weighted by Crippen LogP contribution is -2.35. The Morgan fingerprint density at radius 3 is 2.54 bits per heavy atom. The van der Waals surface area contributed by atoms with Crippen LogP contribution in [0.15, 0.2) is 34.9 Å². The molecule has 1 aliphatic rings. The number of hydrogen-bond donors (Lipinski definition) is 1. The van der Waals surface area contributed by atoms with E-state index in [1.807, 2.05) is 13.8 Å². The number of alkyl halides is 3. The van der Waals surface area contributed by atoms with Gasteiger partial charge in [-0.15, -0.1) is 0 Å². The third-order valence-corrected chi connectivity index (χ3v) is 3.87. The number of rotatable bonds is 4. The molecule has 1 atom stereocenters. The molecule has 1 unspecified atom stereocenters. The van der Waals surface area contributed by atoms with E-state index in [9.17, 15) is 27.9 Å². The molecular weight excluding hydrogens is 325 g/mol. The second-order valence-corrected chi connectivity index (χ2v) is 6.38. The van der Waals surface area contributed by atoms with E-state index in [4.69, 9.17) is 0 Å². The molecule has 0 aromatic rings. The normalized spacial score (nSPS) is 22.2. The fourth-order valence-corrected chi connectivity index (χ4v) is 2.54. The minimum absolute atomic E-state index is 0.300. The first-order valence-corrected chi connectivity index (χ1v) is 7.38. The van der Waals surface area contributed by atoms with E-state index in [0.717, 1.165) is 5.57 Å². The molecule has 1 rings (SSSR count). The molecular formula is C17H21F3O4. The van der Waals surface area contributed by atoms with E-state index in [0.29, 0.717) is 17.6 Å². The topological polar surface area (TPSA) is 63.6 Å². The van der Waals surface area contributed by atoms with Gasteiger partial charge in [0.2, 0.25) is 0 Å². The number of ketones is 1. The molecule has 0 amide bonds. The second-order valence-electron chi connectivity index (χ2n) is 6.38. The lowest BCUT2D eigenvalue weighted by molar-refractivity contribution is -0.198. The zero-order chi connectivity index (χ0) is 18.7. The highest BCUT2D eigenvalue weighted by Gasteiger charge is 2.40. The van der Waals surface area contributed by atoms with Crippen LogP contribution < -0.4 is 0 Å². The zero-order valence-corrected chi connectivity index (χ0v) is 14.0. The summed E-state index contributed by atoms with van der Waals surface area (Å²) in [4.78, 5) is 22.5. The predicted octanol–water partition coefficient (Wildman–Crippen LogP) is 3.27. The van der Waals surface area contributed by atoms with Gasteiger partial charge in [-0.1, -0.05) is 31.6 Å². The van der Waals surface area contributed by atoms with Crippen molar-refractivity contribution in [3.8, 4) is 0 Å². The molecule has 1 aliphatic carbocycles. The van der Waals surface area contributed by atoms with Crippen LogP contribution in [0.25, 0.3) is 0 Å². The number of esters is 1. The Balaban J connectivity index is 2.82. The van der Waals surface area contributed by atoms with E-state index in [-0.39, 0.29) is 5.78 Å². The minimum Gasteiger partial charge on any atom is -0.455 e. The van der Waals surface area contributed by atoms with Gasteiger partial charge in [0.15, 0.2) is 5.78 Å². The van der Waals surface area contributed by atoms with Crippen LogP contribution in [0.3, 0.4) is 0 Å². The average Bonchev–Trinajstić information content (AvgIpc) is 2.43. The molecule has 0 spiro atoms. The van der Waals surface area contributed by atoms with Crippen LogP contribution in [-0.2, 0) is 14.3 Å². The highest BCUT2D eigenvalue weighted by atomic mass is 19.4. The fourth-order valence-electron chi connectivity index (χ4n) is 2.54. The summed E-state index contributed by atoms with van der Waals surface area (Å²) in [7, 11) is 0. The largest absolute Gasteiger partial charge is 0.490 e. The first kappa shape index (κ1) is 20.2. The summed E-state index contributed by atoms with van der Waals surface area (Å²) in [5.74, 6) is -2.56. The smallest absolute Gasteiger partial charge is 0.455 e. The summed E-state index contributed by atoms with van der Waals surface area (Å²) < 4.78 is 40.1. The number of carbonyl (C=O) groups excluding carboxylic acids is 2. The van der Waals surface area contributed by atoms with Crippen molar-refractivity contribution in [2.45, 2.75) is 46.4 Å². The molecule has 0 radical (unpaired) electrons. The van der Waals surface area contributed by atoms with Gasteiger partial charge in [-0.25, -0.2) is 4.79 Å². The first-order valence-electron chi connectivity index (χ1n) is 7.38. The molecule has 0 aromatic carbocycles. The quantitative estimate of drug-likeness (QED) is 0.627. The van der Waals surface area contributed by atoms with Gasteiger partial charge in [0.1, 0.15) is 12.7 Å². The summed E-state index contributed by atoms with van der Waals surface area (Å²) in [5.41, 5.74) is 1.40. The Labute approximate surface area is 138 Å². The number of aliphatic hydroxyl groups excluding tert-OH is 1. The first-order chi connectivity index (χ1) is 10.9. The molecule has 0 fully saturated rings. The number of hydrogen-bond acceptors (Lipinski definition) is 4. The van der Waals surface area contributed by atoms with Gasteiger partial charge in [-0.2, -0.15) is 13.2 Å². The molecule has 1 N–H and O–H groups in total. The number of Topliss-reactive ketones (excluding diaryl/α,β-unsaturated/α-hetero) is 1. The molecule has 134 valence electrons. The third kappa shape index (κ3) is 5.06. The minimum atomic E-state index is -5.01. The van der Waals surface area contributed by atoms with Crippen LogP contribution in [0.2, 0.25) is 0 Å². The predicted molar refractivity (Wildman–Crippen MR) is 82.0 cm³/mol. The summed E-state index contributed by atoms with van der Waals surface area (Å²) in [6.07, 6.45) is -1.05. The van der Waals surface area contributed by atoms with Crippen molar-refractivity contribution in [1.29, 1.82) is 0 Å². The molecule has 0 heterocycles. The van der Waals surface area contributed by atoms with Gasteiger partial charge < -0.3 is 9.84 Å². The lowest BCUT2D eigenvalue weighted by Gasteiger charge is -2.34. The van der Waals surface area contributed by atoms with Gasteiger partial charge >= 0.3 is 12.1 Å². The van der Waals surface area contributed by atoms with Crippen LogP contribution in [0.1, 0.15) is 34.1 Å². The maximum atomic E-state index is 12.0. The van der Waals surface area contributed by atoms with Crippen molar-refractivity contribution >= 4 is 11.8 Å². The Morgan fingerprint density at radius 1 is 1.42 bits per heavy atom. The molecule has 0 aromatic heterocycles. The van der Waals surface area contributed by atoms with Crippen LogP contribution in [0.5, 0.6) is 0 Å². The van der Waals surface area contributed by atoms with Crippen LogP contribution in [-0.4, -0.2) is 35.7 Å². The van der Waals surface area contributed by atoms with Crippen LogP contribution in [0, 0.1) is 5.41 Å². The summed E-state index contributed by atoms with van der Waals surface area (Å²) in [6.45, 7) is 6.58. The number of halogens is 3. The Morgan fingerprint density at radius 2 is 2.00 bits per heavy atom. The SMILES string of the molecule is CC1=C(/C=C/C(C)=C/COC(=O)C(F)(F)F)C(C)(C)CC(O)C1=O. The van der Waals surface area contributed by atoms with E-state index in [1.54, 1.807) is 26.0 Å². The number of allylic oxidation sites excluding steroid dienone is 4. The van der Waals surface area contributed by atoms with Crippen LogP contribution >= 0.6 is 0 Å². The van der Waals surface area contributed by atoms with Crippen molar-refractivity contribution in [1.82, 2.24) is 0 Å². The molecule has 4 nitrogen and oxygen atoms in total. The van der Waals surface area contributed by atoms with Gasteiger partial charge in [-0.3, -0.25) is 4.79 Å². The van der Waals surface area contributed by atoms with Crippen molar-refractivity contribution in [3.63, 3.8) is 0 Å². The second kappa shape index (κ2) is 7.34. The van der Waals surface area contributed by atoms with Crippen molar-refractivity contribution in [2.24, 2.45) is 5.41 Å². The van der Waals surface area contributed by atoms with Crippen LogP contribution in [0.4, 0.5) is 13.2 Å². The standard InChI is InChI=1S/C17H21F3O4/c1-10(7-8-24-15(23)17(18,19)20)5-6-12-11(2)14(22)13(21)9-16(12,3)4/h5-7,13,21H,8-9H2,1-4H3/b6-5+,10-7+. The molecule has 0 aliphatic heterocycles. The van der Waals surface area contributed by atoms with E-state index in [2.05, 4.69) is 4.74 Å². The third-order valence-electron chi connectivity index (χ3n) is 3.87. The van der Waals surface area contributed by atoms with E-state index >= 15 is 0 Å². The van der Waals surface area contributed by atoms with Gasteiger partial charge in [0.05, 0.1) is 0 Å². The monoisotopic (exact) mass is 346 g/mol. The highest BCUT2D eigenvalue weighted by Crippen LogP contribution is 2.39. The molecule has 0 bridgehead atoms. The van der Waals surface area contributed by atoms with E-state index < -0.39 is 30.3 Å². The summed E-state index contributed by atoms with van der Waals surface area (Å²) in [6, 6.07) is 0. The van der Waals surface area contributed by atoms with Crippen molar-refractivity contribution in [3.05, 3.63) is 34.9 Å². The van der Waals surface area contributed by atoms with E-state index in [1.165, 1.54) is 6.08 Å². The summed E-state index contributed by atoms with van der Waals surface area (Å²) >= 11 is 0.